The predicted octanol–water partition coefficient (Wildman–Crippen LogP) is 2.43. The van der Waals surface area contributed by atoms with Crippen LogP contribution in [-0.2, 0) is 21.1 Å². The largest absolute Gasteiger partial charge is 0.339 e. The highest BCUT2D eigenvalue weighted by Crippen LogP contribution is 2.21. The van der Waals surface area contributed by atoms with Gasteiger partial charge in [0.2, 0.25) is 5.91 Å². The van der Waals surface area contributed by atoms with Crippen LogP contribution in [-0.4, -0.2) is 42.8 Å². The fraction of sp³-hybridized carbons (Fsp3) is 0.588. The molecular weight excluding hydrogens is 298 g/mol. The Morgan fingerprint density at radius 3 is 2.55 bits per heavy atom. The zero-order chi connectivity index (χ0) is 16.2. The van der Waals surface area contributed by atoms with Crippen molar-refractivity contribution in [2.75, 3.05) is 12.3 Å². The van der Waals surface area contributed by atoms with Gasteiger partial charge in [0, 0.05) is 12.6 Å². The molecule has 122 valence electrons. The molecule has 1 aromatic rings. The Labute approximate surface area is 133 Å². The molecular formula is C17H25NO3S. The molecule has 1 heterocycles. The van der Waals surface area contributed by atoms with E-state index in [1.807, 2.05) is 18.2 Å². The van der Waals surface area contributed by atoms with Gasteiger partial charge in [0.15, 0.2) is 9.84 Å². The third kappa shape index (κ3) is 4.32. The Kier molecular flexibility index (Phi) is 5.62. The number of benzene rings is 1. The maximum Gasteiger partial charge on any atom is 0.238 e. The highest BCUT2D eigenvalue weighted by Gasteiger charge is 2.30. The molecule has 1 aliphatic rings. The summed E-state index contributed by atoms with van der Waals surface area (Å²) in [7, 11) is -3.33. The lowest BCUT2D eigenvalue weighted by Crippen LogP contribution is -2.47. The molecule has 0 radical (unpaired) electrons. The van der Waals surface area contributed by atoms with Crippen molar-refractivity contribution in [3.8, 4) is 0 Å². The van der Waals surface area contributed by atoms with Crippen molar-refractivity contribution in [1.29, 1.82) is 0 Å². The maximum absolute atomic E-state index is 12.5. The zero-order valence-electron chi connectivity index (χ0n) is 13.4. The van der Waals surface area contributed by atoms with Gasteiger partial charge in [-0.05, 0) is 45.1 Å². The Balaban J connectivity index is 2.08. The number of piperidine rings is 1. The Bertz CT molecular complexity index is 596. The standard InChI is InChI=1S/C17H25NO3S/c1-14(2)22(20,21)13-17(19)18-11-7-6-10-16(18)12-15-8-4-3-5-9-15/h3-5,8-9,14,16H,6-7,10-13H2,1-2H3. The number of carbonyl (C=O) groups is 1. The van der Waals surface area contributed by atoms with Gasteiger partial charge in [-0.1, -0.05) is 30.3 Å². The third-order valence-corrected chi connectivity index (χ3v) is 6.39. The topological polar surface area (TPSA) is 54.5 Å². The molecule has 0 aliphatic carbocycles. The highest BCUT2D eigenvalue weighted by atomic mass is 32.2. The third-order valence-electron chi connectivity index (χ3n) is 4.30. The van der Waals surface area contributed by atoms with Gasteiger partial charge in [0.25, 0.3) is 0 Å². The molecule has 0 aromatic heterocycles. The number of nitrogens with zero attached hydrogens (tertiary/aromatic N) is 1. The SMILES string of the molecule is CC(C)S(=O)(=O)CC(=O)N1CCCCC1Cc1ccccc1. The number of hydrogen-bond acceptors (Lipinski definition) is 3. The molecule has 1 aliphatic heterocycles. The van der Waals surface area contributed by atoms with Crippen LogP contribution < -0.4 is 0 Å². The van der Waals surface area contributed by atoms with Gasteiger partial charge in [-0.2, -0.15) is 0 Å². The average Bonchev–Trinajstić information content (AvgIpc) is 2.48. The summed E-state index contributed by atoms with van der Waals surface area (Å²) < 4.78 is 24.0. The Hall–Kier alpha value is -1.36. The molecule has 0 saturated carbocycles. The number of carbonyl (C=O) groups excluding carboxylic acids is 1. The van der Waals surface area contributed by atoms with Crippen molar-refractivity contribution in [3.63, 3.8) is 0 Å². The van der Waals surface area contributed by atoms with Crippen LogP contribution in [0, 0.1) is 0 Å². The molecule has 0 N–H and O–H groups in total. The fourth-order valence-corrected chi connectivity index (χ4v) is 3.69. The molecule has 22 heavy (non-hydrogen) atoms. The van der Waals surface area contributed by atoms with Gasteiger partial charge in [-0.3, -0.25) is 4.79 Å². The van der Waals surface area contributed by atoms with Crippen molar-refractivity contribution in [2.45, 2.75) is 50.8 Å². The molecule has 1 fully saturated rings. The lowest BCUT2D eigenvalue weighted by atomic mass is 9.95. The number of sulfone groups is 1. The van der Waals surface area contributed by atoms with Crippen LogP contribution in [0.4, 0.5) is 0 Å². The maximum atomic E-state index is 12.5. The Morgan fingerprint density at radius 1 is 1.23 bits per heavy atom. The molecule has 4 nitrogen and oxygen atoms in total. The van der Waals surface area contributed by atoms with E-state index < -0.39 is 15.1 Å². The van der Waals surface area contributed by atoms with E-state index in [9.17, 15) is 13.2 Å². The molecule has 5 heteroatoms. The Morgan fingerprint density at radius 2 is 1.91 bits per heavy atom. The monoisotopic (exact) mass is 323 g/mol. The van der Waals surface area contributed by atoms with Crippen LogP contribution in [0.15, 0.2) is 30.3 Å². The van der Waals surface area contributed by atoms with E-state index in [-0.39, 0.29) is 17.7 Å². The van der Waals surface area contributed by atoms with Crippen molar-refractivity contribution >= 4 is 15.7 Å². The summed E-state index contributed by atoms with van der Waals surface area (Å²) in [5.41, 5.74) is 1.19. The minimum absolute atomic E-state index is 0.117. The molecule has 1 aromatic carbocycles. The smallest absolute Gasteiger partial charge is 0.238 e. The van der Waals surface area contributed by atoms with E-state index in [1.54, 1.807) is 18.7 Å². The second kappa shape index (κ2) is 7.27. The lowest BCUT2D eigenvalue weighted by Gasteiger charge is -2.36. The predicted molar refractivity (Wildman–Crippen MR) is 88.4 cm³/mol. The minimum atomic E-state index is -3.33. The van der Waals surface area contributed by atoms with Crippen molar-refractivity contribution in [2.24, 2.45) is 0 Å². The molecule has 0 bridgehead atoms. The highest BCUT2D eigenvalue weighted by molar-refractivity contribution is 7.92. The molecule has 1 atom stereocenters. The quantitative estimate of drug-likeness (QED) is 0.836. The van der Waals surface area contributed by atoms with Crippen LogP contribution in [0.2, 0.25) is 0 Å². The summed E-state index contributed by atoms with van der Waals surface area (Å²) in [5, 5.41) is -0.506. The second-order valence-electron chi connectivity index (χ2n) is 6.28. The van der Waals surface area contributed by atoms with Gasteiger partial charge < -0.3 is 4.90 Å². The van der Waals surface area contributed by atoms with Crippen LogP contribution in [0.5, 0.6) is 0 Å². The fourth-order valence-electron chi connectivity index (χ4n) is 2.85. The van der Waals surface area contributed by atoms with E-state index in [2.05, 4.69) is 12.1 Å². The van der Waals surface area contributed by atoms with Crippen LogP contribution >= 0.6 is 0 Å². The normalized spacial score (nSPS) is 19.4. The van der Waals surface area contributed by atoms with Gasteiger partial charge >= 0.3 is 0 Å². The van der Waals surface area contributed by atoms with Crippen molar-refractivity contribution in [3.05, 3.63) is 35.9 Å². The number of rotatable bonds is 5. The molecule has 1 saturated heterocycles. The first-order valence-electron chi connectivity index (χ1n) is 7.95. The van der Waals surface area contributed by atoms with Gasteiger partial charge in [0.1, 0.15) is 5.75 Å². The van der Waals surface area contributed by atoms with Gasteiger partial charge in [0.05, 0.1) is 5.25 Å². The van der Waals surface area contributed by atoms with E-state index in [0.717, 1.165) is 25.7 Å². The van der Waals surface area contributed by atoms with E-state index in [1.165, 1.54) is 5.56 Å². The average molecular weight is 323 g/mol. The molecule has 0 spiro atoms. The van der Waals surface area contributed by atoms with Crippen LogP contribution in [0.1, 0.15) is 38.7 Å². The first kappa shape index (κ1) is 17.0. The van der Waals surface area contributed by atoms with E-state index in [0.29, 0.717) is 6.54 Å². The number of likely N-dealkylation sites (tertiary alicyclic amines) is 1. The van der Waals surface area contributed by atoms with E-state index >= 15 is 0 Å². The minimum Gasteiger partial charge on any atom is -0.339 e. The molecule has 1 unspecified atom stereocenters. The van der Waals surface area contributed by atoms with E-state index in [4.69, 9.17) is 0 Å². The van der Waals surface area contributed by atoms with Crippen molar-refractivity contribution in [1.82, 2.24) is 4.90 Å². The summed E-state index contributed by atoms with van der Waals surface area (Å²) in [6, 6.07) is 10.2. The second-order valence-corrected chi connectivity index (χ2v) is 8.84. The first-order valence-corrected chi connectivity index (χ1v) is 9.66. The van der Waals surface area contributed by atoms with Crippen molar-refractivity contribution < 1.29 is 13.2 Å². The zero-order valence-corrected chi connectivity index (χ0v) is 14.2. The van der Waals surface area contributed by atoms with Crippen LogP contribution in [0.3, 0.4) is 0 Å². The summed E-state index contributed by atoms with van der Waals surface area (Å²) in [4.78, 5) is 14.3. The summed E-state index contributed by atoms with van der Waals surface area (Å²) >= 11 is 0. The summed E-state index contributed by atoms with van der Waals surface area (Å²) in [6.07, 6.45) is 3.80. The number of hydrogen-bond donors (Lipinski definition) is 0. The van der Waals surface area contributed by atoms with Gasteiger partial charge in [-0.25, -0.2) is 8.42 Å². The van der Waals surface area contributed by atoms with Crippen LogP contribution in [0.25, 0.3) is 0 Å². The number of amides is 1. The molecule has 1 amide bonds. The first-order chi connectivity index (χ1) is 10.4. The lowest BCUT2D eigenvalue weighted by molar-refractivity contribution is -0.132. The van der Waals surface area contributed by atoms with Gasteiger partial charge in [-0.15, -0.1) is 0 Å². The summed E-state index contributed by atoms with van der Waals surface area (Å²) in [5.74, 6) is -0.606. The molecule has 2 rings (SSSR count). The summed E-state index contributed by atoms with van der Waals surface area (Å²) in [6.45, 7) is 3.92.